The highest BCUT2D eigenvalue weighted by molar-refractivity contribution is 4.97. The van der Waals surface area contributed by atoms with Gasteiger partial charge in [-0.3, -0.25) is 0 Å². The predicted octanol–water partition coefficient (Wildman–Crippen LogP) is 4.16. The molecule has 1 nitrogen and oxygen atoms in total. The van der Waals surface area contributed by atoms with E-state index in [1.807, 2.05) is 19.9 Å². The fourth-order valence-electron chi connectivity index (χ4n) is 1.34. The van der Waals surface area contributed by atoms with Crippen molar-refractivity contribution in [1.29, 1.82) is 0 Å². The average Bonchev–Trinajstić information content (AvgIpc) is 2.04. The zero-order valence-electron chi connectivity index (χ0n) is 9.67. The van der Waals surface area contributed by atoms with Crippen molar-refractivity contribution in [2.24, 2.45) is 17.8 Å². The molecule has 0 saturated carbocycles. The smallest absolute Gasteiger partial charge is 0.0910 e. The predicted molar refractivity (Wildman–Crippen MR) is 58.8 cm³/mol. The van der Waals surface area contributed by atoms with Crippen LogP contribution in [0.1, 0.15) is 47.5 Å². The Morgan fingerprint density at radius 1 is 1.23 bits per heavy atom. The molecule has 0 amide bonds. The summed E-state index contributed by atoms with van der Waals surface area (Å²) in [6.07, 6.45) is 4.47. The van der Waals surface area contributed by atoms with Gasteiger partial charge in [-0.2, -0.15) is 0 Å². The van der Waals surface area contributed by atoms with E-state index < -0.39 is 0 Å². The Bertz CT molecular complexity index is 159. The lowest BCUT2D eigenvalue weighted by Crippen LogP contribution is -2.07. The Balaban J connectivity index is 4.11. The van der Waals surface area contributed by atoms with Gasteiger partial charge in [-0.05, 0) is 17.9 Å². The second-order valence-corrected chi connectivity index (χ2v) is 4.37. The summed E-state index contributed by atoms with van der Waals surface area (Å²) < 4.78 is 0. The monoisotopic (exact) mass is 184 g/mol. The van der Waals surface area contributed by atoms with Crippen molar-refractivity contribution >= 4 is 0 Å². The molecule has 0 radical (unpaired) electrons. The van der Waals surface area contributed by atoms with Gasteiger partial charge in [0, 0.05) is 5.92 Å². The van der Waals surface area contributed by atoms with Gasteiger partial charge in [0.1, 0.15) is 0 Å². The average molecular weight is 184 g/mol. The van der Waals surface area contributed by atoms with Crippen molar-refractivity contribution < 1.29 is 5.11 Å². The van der Waals surface area contributed by atoms with Gasteiger partial charge < -0.3 is 5.11 Å². The lowest BCUT2D eigenvalue weighted by Gasteiger charge is -2.16. The van der Waals surface area contributed by atoms with Crippen molar-refractivity contribution in [2.45, 2.75) is 47.5 Å². The van der Waals surface area contributed by atoms with E-state index in [1.54, 1.807) is 0 Å². The molecule has 2 unspecified atom stereocenters. The summed E-state index contributed by atoms with van der Waals surface area (Å²) >= 11 is 0. The third-order valence-corrected chi connectivity index (χ3v) is 2.67. The maximum atomic E-state index is 9.58. The van der Waals surface area contributed by atoms with Crippen LogP contribution in [0.4, 0.5) is 0 Å². The van der Waals surface area contributed by atoms with Crippen LogP contribution < -0.4 is 0 Å². The molecule has 0 aromatic rings. The minimum Gasteiger partial charge on any atom is -0.512 e. The van der Waals surface area contributed by atoms with Gasteiger partial charge in [0.05, 0.1) is 5.76 Å². The number of rotatable bonds is 5. The quantitative estimate of drug-likeness (QED) is 0.636. The maximum Gasteiger partial charge on any atom is 0.0910 e. The van der Waals surface area contributed by atoms with E-state index in [1.165, 1.54) is 12.8 Å². The van der Waals surface area contributed by atoms with Gasteiger partial charge in [-0.1, -0.05) is 47.5 Å². The van der Waals surface area contributed by atoms with Crippen LogP contribution in [0.2, 0.25) is 0 Å². The molecule has 0 bridgehead atoms. The van der Waals surface area contributed by atoms with E-state index in [2.05, 4.69) is 20.8 Å². The topological polar surface area (TPSA) is 20.2 Å². The molecule has 0 spiro atoms. The van der Waals surface area contributed by atoms with Gasteiger partial charge in [0.2, 0.25) is 0 Å². The molecule has 0 aliphatic rings. The summed E-state index contributed by atoms with van der Waals surface area (Å²) in [5.41, 5.74) is 0. The highest BCUT2D eigenvalue weighted by Crippen LogP contribution is 2.20. The Hall–Kier alpha value is -0.460. The van der Waals surface area contributed by atoms with Crippen LogP contribution in [-0.2, 0) is 0 Å². The van der Waals surface area contributed by atoms with Crippen molar-refractivity contribution in [1.82, 2.24) is 0 Å². The number of hydrogen-bond donors (Lipinski definition) is 1. The fraction of sp³-hybridized carbons (Fsp3) is 0.833. The first kappa shape index (κ1) is 12.5. The van der Waals surface area contributed by atoms with Gasteiger partial charge in [-0.25, -0.2) is 0 Å². The highest BCUT2D eigenvalue weighted by atomic mass is 16.3. The third-order valence-electron chi connectivity index (χ3n) is 2.67. The Kier molecular flexibility index (Phi) is 5.85. The van der Waals surface area contributed by atoms with Gasteiger partial charge in [-0.15, -0.1) is 0 Å². The molecule has 1 N–H and O–H groups in total. The third kappa shape index (κ3) is 4.97. The molecule has 13 heavy (non-hydrogen) atoms. The van der Waals surface area contributed by atoms with Crippen LogP contribution in [0.3, 0.4) is 0 Å². The number of allylic oxidation sites excluding steroid dienone is 2. The van der Waals surface area contributed by atoms with Crippen LogP contribution in [-0.4, -0.2) is 5.11 Å². The molecule has 0 rings (SSSR count). The summed E-state index contributed by atoms with van der Waals surface area (Å²) in [6.45, 7) is 10.7. The number of aliphatic hydroxyl groups is 1. The first-order valence-electron chi connectivity index (χ1n) is 5.39. The van der Waals surface area contributed by atoms with E-state index in [4.69, 9.17) is 0 Å². The summed E-state index contributed by atoms with van der Waals surface area (Å²) in [4.78, 5) is 0. The van der Waals surface area contributed by atoms with Crippen molar-refractivity contribution in [2.75, 3.05) is 0 Å². The highest BCUT2D eigenvalue weighted by Gasteiger charge is 2.10. The summed E-state index contributed by atoms with van der Waals surface area (Å²) in [5, 5.41) is 9.58. The molecular weight excluding hydrogens is 160 g/mol. The van der Waals surface area contributed by atoms with Crippen LogP contribution >= 0.6 is 0 Å². The van der Waals surface area contributed by atoms with E-state index in [-0.39, 0.29) is 5.92 Å². The SMILES string of the molecule is CCCC(C)C(C)/C=C(/O)C(C)C. The molecule has 0 heterocycles. The molecule has 2 atom stereocenters. The van der Waals surface area contributed by atoms with Crippen LogP contribution in [0, 0.1) is 17.8 Å². The fourth-order valence-corrected chi connectivity index (χ4v) is 1.34. The van der Waals surface area contributed by atoms with E-state index in [0.29, 0.717) is 17.6 Å². The normalized spacial score (nSPS) is 17.5. The molecule has 0 aromatic carbocycles. The van der Waals surface area contributed by atoms with E-state index >= 15 is 0 Å². The lowest BCUT2D eigenvalue weighted by atomic mass is 9.90. The summed E-state index contributed by atoms with van der Waals surface area (Å²) in [5.74, 6) is 1.96. The molecule has 0 aliphatic heterocycles. The number of aliphatic hydroxyl groups excluding tert-OH is 1. The Morgan fingerprint density at radius 3 is 2.15 bits per heavy atom. The van der Waals surface area contributed by atoms with Gasteiger partial charge in [0.15, 0.2) is 0 Å². The first-order valence-corrected chi connectivity index (χ1v) is 5.39. The molecule has 0 aliphatic carbocycles. The van der Waals surface area contributed by atoms with Crippen molar-refractivity contribution in [3.63, 3.8) is 0 Å². The van der Waals surface area contributed by atoms with Crippen molar-refractivity contribution in [3.8, 4) is 0 Å². The molecular formula is C12H24O. The molecule has 1 heteroatoms. The van der Waals surface area contributed by atoms with Crippen LogP contribution in [0.25, 0.3) is 0 Å². The minimum absolute atomic E-state index is 0.260. The molecule has 0 fully saturated rings. The second-order valence-electron chi connectivity index (χ2n) is 4.37. The zero-order chi connectivity index (χ0) is 10.4. The first-order chi connectivity index (χ1) is 5.99. The lowest BCUT2D eigenvalue weighted by molar-refractivity contribution is 0.332. The summed E-state index contributed by atoms with van der Waals surface area (Å²) in [7, 11) is 0. The van der Waals surface area contributed by atoms with Gasteiger partial charge in [0.25, 0.3) is 0 Å². The van der Waals surface area contributed by atoms with E-state index in [0.717, 1.165) is 0 Å². The zero-order valence-corrected chi connectivity index (χ0v) is 9.67. The van der Waals surface area contributed by atoms with Crippen molar-refractivity contribution in [3.05, 3.63) is 11.8 Å². The Labute approximate surface area is 82.9 Å². The molecule has 0 saturated heterocycles. The largest absolute Gasteiger partial charge is 0.512 e. The number of hydrogen-bond acceptors (Lipinski definition) is 1. The van der Waals surface area contributed by atoms with Gasteiger partial charge >= 0.3 is 0 Å². The molecule has 78 valence electrons. The van der Waals surface area contributed by atoms with Crippen LogP contribution in [0.5, 0.6) is 0 Å². The molecule has 0 aromatic heterocycles. The second kappa shape index (κ2) is 6.06. The minimum atomic E-state index is 0.260. The summed E-state index contributed by atoms with van der Waals surface area (Å²) in [6, 6.07) is 0. The standard InChI is InChI=1S/C12H24O/c1-6-7-10(4)11(5)8-12(13)9(2)3/h8-11,13H,6-7H2,1-5H3/b12-8+. The van der Waals surface area contributed by atoms with Crippen LogP contribution in [0.15, 0.2) is 11.8 Å². The maximum absolute atomic E-state index is 9.58. The van der Waals surface area contributed by atoms with E-state index in [9.17, 15) is 5.11 Å². The Morgan fingerprint density at radius 2 is 1.77 bits per heavy atom.